The van der Waals surface area contributed by atoms with E-state index in [1.54, 1.807) is 6.07 Å². The fraction of sp³-hybridized carbons (Fsp3) is 0.143. The molecule has 0 aromatic carbocycles. The highest BCUT2D eigenvalue weighted by Crippen LogP contribution is 2.25. The fourth-order valence-electron chi connectivity index (χ4n) is 1.06. The van der Waals surface area contributed by atoms with Gasteiger partial charge in [0.2, 0.25) is 0 Å². The molecular weight excluding hydrogens is 174 g/mol. The summed E-state index contributed by atoms with van der Waals surface area (Å²) in [6.45, 7) is 1.89. The van der Waals surface area contributed by atoms with Gasteiger partial charge in [-0.25, -0.2) is 0 Å². The number of aromatic amines is 1. The van der Waals surface area contributed by atoms with Crippen LogP contribution >= 0.6 is 11.3 Å². The largest absolute Gasteiger partial charge is 0.365 e. The third kappa shape index (κ3) is 0.902. The first kappa shape index (κ1) is 7.30. The second-order valence-electron chi connectivity index (χ2n) is 2.53. The first-order chi connectivity index (χ1) is 5.68. The van der Waals surface area contributed by atoms with Crippen molar-refractivity contribution in [2.45, 2.75) is 6.92 Å². The van der Waals surface area contributed by atoms with Crippen molar-refractivity contribution in [1.29, 1.82) is 0 Å². The number of nitrogens with two attached hydrogens (primary N) is 1. The summed E-state index contributed by atoms with van der Waals surface area (Å²) in [4.78, 5) is 12.3. The summed E-state index contributed by atoms with van der Waals surface area (Å²) < 4.78 is 0. The normalized spacial score (nSPS) is 10.8. The molecule has 2 heterocycles. The molecular formula is C7H7N3OS. The smallest absolute Gasteiger partial charge is 0.258 e. The van der Waals surface area contributed by atoms with Crippen LogP contribution in [-0.2, 0) is 0 Å². The van der Waals surface area contributed by atoms with Crippen molar-refractivity contribution in [2.75, 3.05) is 0 Å². The van der Waals surface area contributed by atoms with Gasteiger partial charge in [0.15, 0.2) is 0 Å². The van der Waals surface area contributed by atoms with E-state index in [1.165, 1.54) is 11.3 Å². The van der Waals surface area contributed by atoms with Crippen LogP contribution in [0.5, 0.6) is 0 Å². The molecule has 0 unspecified atom stereocenters. The Hall–Kier alpha value is -1.36. The minimum absolute atomic E-state index is 0.385. The Balaban J connectivity index is 2.70. The zero-order chi connectivity index (χ0) is 8.72. The second-order valence-corrected chi connectivity index (χ2v) is 3.58. The number of thiophene rings is 1. The molecule has 3 N–H and O–H groups in total. The summed E-state index contributed by atoms with van der Waals surface area (Å²) in [5.41, 5.74) is 6.02. The number of hydrogen-bond donors (Lipinski definition) is 2. The Kier molecular flexibility index (Phi) is 1.41. The highest BCUT2D eigenvalue weighted by atomic mass is 32.1. The van der Waals surface area contributed by atoms with Gasteiger partial charge in [-0.05, 0) is 13.0 Å². The van der Waals surface area contributed by atoms with E-state index in [1.807, 2.05) is 6.92 Å². The second kappa shape index (κ2) is 2.31. The molecule has 1 amide bonds. The number of aryl methyl sites for hydroxylation is 1. The minimum atomic E-state index is -0.385. The molecule has 0 aliphatic carbocycles. The number of primary amides is 1. The van der Waals surface area contributed by atoms with E-state index in [4.69, 9.17) is 5.73 Å². The van der Waals surface area contributed by atoms with E-state index < -0.39 is 0 Å². The maximum atomic E-state index is 10.8. The average molecular weight is 181 g/mol. The lowest BCUT2D eigenvalue weighted by Gasteiger charge is -1.82. The molecule has 5 heteroatoms. The van der Waals surface area contributed by atoms with E-state index in [-0.39, 0.29) is 5.91 Å². The standard InChI is InChI=1S/C7H7N3OS/c1-3-4-2-5(6(8)11)12-7(4)10-9-3/h2H,1H3,(H2,8,11)(H,9,10). The SMILES string of the molecule is Cc1n[nH]c2sc(C(N)=O)cc12. The zero-order valence-corrected chi connectivity index (χ0v) is 7.23. The van der Waals surface area contributed by atoms with Crippen LogP contribution in [0, 0.1) is 6.92 Å². The number of hydrogen-bond acceptors (Lipinski definition) is 3. The fourth-order valence-corrected chi connectivity index (χ4v) is 1.96. The molecule has 0 aliphatic rings. The van der Waals surface area contributed by atoms with Crippen molar-refractivity contribution < 1.29 is 4.79 Å². The Bertz CT molecular complexity index is 442. The van der Waals surface area contributed by atoms with Gasteiger partial charge >= 0.3 is 0 Å². The molecule has 0 saturated carbocycles. The third-order valence-corrected chi connectivity index (χ3v) is 2.74. The maximum Gasteiger partial charge on any atom is 0.258 e. The number of nitrogens with zero attached hydrogens (tertiary/aromatic N) is 1. The van der Waals surface area contributed by atoms with Crippen LogP contribution < -0.4 is 5.73 Å². The topological polar surface area (TPSA) is 71.8 Å². The number of amides is 1. The molecule has 0 spiro atoms. The van der Waals surface area contributed by atoms with Gasteiger partial charge in [-0.3, -0.25) is 9.89 Å². The van der Waals surface area contributed by atoms with Gasteiger partial charge < -0.3 is 5.73 Å². The quantitative estimate of drug-likeness (QED) is 0.689. The highest BCUT2D eigenvalue weighted by molar-refractivity contribution is 7.20. The predicted octanol–water partition coefficient (Wildman–Crippen LogP) is 1.03. The molecule has 62 valence electrons. The summed E-state index contributed by atoms with van der Waals surface area (Å²) in [6.07, 6.45) is 0. The number of carbonyl (C=O) groups is 1. The van der Waals surface area contributed by atoms with Crippen LogP contribution in [0.4, 0.5) is 0 Å². The summed E-state index contributed by atoms with van der Waals surface area (Å²) in [5, 5.41) is 7.79. The molecule has 0 saturated heterocycles. The van der Waals surface area contributed by atoms with Gasteiger partial charge in [-0.2, -0.15) is 5.10 Å². The van der Waals surface area contributed by atoms with E-state index in [2.05, 4.69) is 10.2 Å². The van der Waals surface area contributed by atoms with E-state index in [9.17, 15) is 4.79 Å². The van der Waals surface area contributed by atoms with E-state index in [0.29, 0.717) is 4.88 Å². The van der Waals surface area contributed by atoms with Gasteiger partial charge in [0.1, 0.15) is 4.83 Å². The maximum absolute atomic E-state index is 10.8. The van der Waals surface area contributed by atoms with Gasteiger partial charge in [-0.1, -0.05) is 0 Å². The summed E-state index contributed by atoms with van der Waals surface area (Å²) in [6, 6.07) is 1.77. The zero-order valence-electron chi connectivity index (χ0n) is 6.42. The van der Waals surface area contributed by atoms with Crippen LogP contribution in [0.1, 0.15) is 15.4 Å². The summed E-state index contributed by atoms with van der Waals surface area (Å²) >= 11 is 1.33. The molecule has 12 heavy (non-hydrogen) atoms. The summed E-state index contributed by atoms with van der Waals surface area (Å²) in [5.74, 6) is -0.385. The molecule has 2 rings (SSSR count). The van der Waals surface area contributed by atoms with Gasteiger partial charge in [0, 0.05) is 5.39 Å². The third-order valence-electron chi connectivity index (χ3n) is 1.69. The molecule has 4 nitrogen and oxygen atoms in total. The molecule has 0 bridgehead atoms. The van der Waals surface area contributed by atoms with Gasteiger partial charge in [0.25, 0.3) is 5.91 Å². The van der Waals surface area contributed by atoms with Crippen molar-refractivity contribution in [3.63, 3.8) is 0 Å². The molecule has 0 atom stereocenters. The van der Waals surface area contributed by atoms with Crippen LogP contribution in [-0.4, -0.2) is 16.1 Å². The van der Waals surface area contributed by atoms with Crippen molar-refractivity contribution in [3.8, 4) is 0 Å². The molecule has 2 aromatic rings. The number of nitrogens with one attached hydrogen (secondary N) is 1. The number of H-pyrrole nitrogens is 1. The monoisotopic (exact) mass is 181 g/mol. The summed E-state index contributed by atoms with van der Waals surface area (Å²) in [7, 11) is 0. The van der Waals surface area contributed by atoms with Gasteiger partial charge in [-0.15, -0.1) is 11.3 Å². The van der Waals surface area contributed by atoms with E-state index >= 15 is 0 Å². The lowest BCUT2D eigenvalue weighted by atomic mass is 10.3. The number of aromatic nitrogens is 2. The van der Waals surface area contributed by atoms with Gasteiger partial charge in [0.05, 0.1) is 10.6 Å². The van der Waals surface area contributed by atoms with Crippen LogP contribution in [0.15, 0.2) is 6.07 Å². The first-order valence-electron chi connectivity index (χ1n) is 3.43. The Labute approximate surface area is 72.4 Å². The first-order valence-corrected chi connectivity index (χ1v) is 4.24. The number of rotatable bonds is 1. The van der Waals surface area contributed by atoms with Crippen LogP contribution in [0.3, 0.4) is 0 Å². The van der Waals surface area contributed by atoms with Crippen LogP contribution in [0.25, 0.3) is 10.2 Å². The highest BCUT2D eigenvalue weighted by Gasteiger charge is 2.09. The van der Waals surface area contributed by atoms with Crippen molar-refractivity contribution >= 4 is 27.5 Å². The van der Waals surface area contributed by atoms with E-state index in [0.717, 1.165) is 15.9 Å². The minimum Gasteiger partial charge on any atom is -0.365 e. The van der Waals surface area contributed by atoms with Crippen LogP contribution in [0.2, 0.25) is 0 Å². The molecule has 0 aliphatic heterocycles. The Morgan fingerprint density at radius 2 is 2.50 bits per heavy atom. The Morgan fingerprint density at radius 3 is 3.08 bits per heavy atom. The number of carbonyl (C=O) groups excluding carboxylic acids is 1. The number of fused-ring (bicyclic) bond motifs is 1. The van der Waals surface area contributed by atoms with Crippen molar-refractivity contribution in [1.82, 2.24) is 10.2 Å². The molecule has 0 fully saturated rings. The Morgan fingerprint density at radius 1 is 1.75 bits per heavy atom. The predicted molar refractivity (Wildman–Crippen MR) is 47.2 cm³/mol. The lowest BCUT2D eigenvalue weighted by Crippen LogP contribution is -2.08. The van der Waals surface area contributed by atoms with Crippen molar-refractivity contribution in [3.05, 3.63) is 16.6 Å². The molecule has 0 radical (unpaired) electrons. The van der Waals surface area contributed by atoms with Crippen molar-refractivity contribution in [2.24, 2.45) is 5.73 Å². The molecule has 2 aromatic heterocycles. The lowest BCUT2D eigenvalue weighted by molar-refractivity contribution is 0.100. The average Bonchev–Trinajstić information content (AvgIpc) is 2.53.